The van der Waals surface area contributed by atoms with Crippen molar-refractivity contribution in [3.05, 3.63) is 0 Å². The Morgan fingerprint density at radius 2 is 1.80 bits per heavy atom. The van der Waals surface area contributed by atoms with Gasteiger partial charge in [-0.25, -0.2) is 0 Å². The predicted molar refractivity (Wildman–Crippen MR) is 88.2 cm³/mol. The fourth-order valence-electron chi connectivity index (χ4n) is 3.27. The first-order chi connectivity index (χ1) is 9.41. The molecule has 1 heterocycles. The van der Waals surface area contributed by atoms with Crippen molar-refractivity contribution in [3.63, 3.8) is 0 Å². The summed E-state index contributed by atoms with van der Waals surface area (Å²) < 4.78 is 5.63. The highest BCUT2D eigenvalue weighted by Crippen LogP contribution is 2.39. The van der Waals surface area contributed by atoms with Crippen LogP contribution in [-0.2, 0) is 4.74 Å². The molecule has 2 nitrogen and oxygen atoms in total. The molecule has 20 heavy (non-hydrogen) atoms. The third-order valence-corrected chi connectivity index (χ3v) is 4.81. The van der Waals surface area contributed by atoms with E-state index in [0.717, 1.165) is 25.7 Å². The summed E-state index contributed by atoms with van der Waals surface area (Å²) in [6.45, 7) is 14.6. The fourth-order valence-corrected chi connectivity index (χ4v) is 3.27. The minimum absolute atomic E-state index is 0.219. The van der Waals surface area contributed by atoms with Gasteiger partial charge in [0.1, 0.15) is 0 Å². The van der Waals surface area contributed by atoms with Gasteiger partial charge in [0.25, 0.3) is 0 Å². The second-order valence-corrected chi connectivity index (χ2v) is 7.84. The van der Waals surface area contributed by atoms with Gasteiger partial charge in [0.05, 0.1) is 0 Å². The largest absolute Gasteiger partial charge is 0.381 e. The van der Waals surface area contributed by atoms with Gasteiger partial charge >= 0.3 is 0 Å². The molecule has 1 atom stereocenters. The van der Waals surface area contributed by atoms with Crippen molar-refractivity contribution >= 4 is 0 Å². The van der Waals surface area contributed by atoms with Crippen molar-refractivity contribution in [2.75, 3.05) is 19.8 Å². The molecule has 120 valence electrons. The number of unbranched alkanes of at least 4 members (excludes halogenated alkanes) is 1. The van der Waals surface area contributed by atoms with Gasteiger partial charge in [-0.1, -0.05) is 39.5 Å². The summed E-state index contributed by atoms with van der Waals surface area (Å²) in [6, 6.07) is 0. The monoisotopic (exact) mass is 283 g/mol. The SMILES string of the molecule is CCCCC(CC)CC1(CNC(C)(C)C)CCOCC1. The molecule has 0 aromatic carbocycles. The van der Waals surface area contributed by atoms with E-state index in [1.807, 2.05) is 0 Å². The Kier molecular flexibility index (Phi) is 7.53. The summed E-state index contributed by atoms with van der Waals surface area (Å²) in [5.74, 6) is 0.898. The summed E-state index contributed by atoms with van der Waals surface area (Å²) in [7, 11) is 0. The van der Waals surface area contributed by atoms with Gasteiger partial charge in [0.15, 0.2) is 0 Å². The van der Waals surface area contributed by atoms with Crippen LogP contribution < -0.4 is 5.32 Å². The van der Waals surface area contributed by atoms with Crippen molar-refractivity contribution in [2.45, 2.75) is 85.1 Å². The number of hydrogen-bond acceptors (Lipinski definition) is 2. The third-order valence-electron chi connectivity index (χ3n) is 4.81. The quantitative estimate of drug-likeness (QED) is 0.692. The summed E-state index contributed by atoms with van der Waals surface area (Å²) in [6.07, 6.45) is 9.31. The normalized spacial score (nSPS) is 20.9. The Hall–Kier alpha value is -0.0800. The van der Waals surface area contributed by atoms with E-state index in [1.165, 1.54) is 44.9 Å². The third kappa shape index (κ3) is 6.58. The average Bonchev–Trinajstić information content (AvgIpc) is 2.42. The molecule has 1 N–H and O–H groups in total. The topological polar surface area (TPSA) is 21.3 Å². The van der Waals surface area contributed by atoms with Crippen LogP contribution in [0.5, 0.6) is 0 Å². The second-order valence-electron chi connectivity index (χ2n) is 7.84. The van der Waals surface area contributed by atoms with Crippen molar-refractivity contribution in [1.29, 1.82) is 0 Å². The maximum atomic E-state index is 5.63. The van der Waals surface area contributed by atoms with E-state index in [2.05, 4.69) is 39.9 Å². The first-order valence-corrected chi connectivity index (χ1v) is 8.73. The lowest BCUT2D eigenvalue weighted by Crippen LogP contribution is -2.47. The highest BCUT2D eigenvalue weighted by atomic mass is 16.5. The van der Waals surface area contributed by atoms with Gasteiger partial charge in [0, 0.05) is 25.3 Å². The minimum atomic E-state index is 0.219. The van der Waals surface area contributed by atoms with Crippen molar-refractivity contribution in [1.82, 2.24) is 5.32 Å². The Labute approximate surface area is 127 Å². The molecule has 0 bridgehead atoms. The van der Waals surface area contributed by atoms with Crippen molar-refractivity contribution in [2.24, 2.45) is 11.3 Å². The van der Waals surface area contributed by atoms with Crippen LogP contribution in [0.15, 0.2) is 0 Å². The Morgan fingerprint density at radius 1 is 1.15 bits per heavy atom. The molecular formula is C18H37NO. The Bertz CT molecular complexity index is 251. The zero-order valence-corrected chi connectivity index (χ0v) is 14.6. The molecule has 0 aliphatic carbocycles. The van der Waals surface area contributed by atoms with E-state index in [0.29, 0.717) is 5.41 Å². The van der Waals surface area contributed by atoms with Crippen LogP contribution in [0, 0.1) is 11.3 Å². The first-order valence-electron chi connectivity index (χ1n) is 8.73. The van der Waals surface area contributed by atoms with Crippen LogP contribution in [0.3, 0.4) is 0 Å². The lowest BCUT2D eigenvalue weighted by atomic mass is 9.71. The molecule has 0 radical (unpaired) electrons. The highest BCUT2D eigenvalue weighted by molar-refractivity contribution is 4.88. The van der Waals surface area contributed by atoms with Crippen LogP contribution >= 0.6 is 0 Å². The molecule has 0 aromatic heterocycles. The second kappa shape index (κ2) is 8.38. The number of rotatable bonds is 8. The fraction of sp³-hybridized carbons (Fsp3) is 1.00. The molecule has 0 aromatic rings. The molecule has 0 saturated carbocycles. The summed E-state index contributed by atoms with van der Waals surface area (Å²) in [5.41, 5.74) is 0.691. The Balaban J connectivity index is 2.61. The van der Waals surface area contributed by atoms with E-state index in [4.69, 9.17) is 4.74 Å². The van der Waals surface area contributed by atoms with E-state index in [-0.39, 0.29) is 5.54 Å². The Morgan fingerprint density at radius 3 is 2.30 bits per heavy atom. The first kappa shape index (κ1) is 18.0. The zero-order valence-electron chi connectivity index (χ0n) is 14.6. The van der Waals surface area contributed by atoms with E-state index >= 15 is 0 Å². The molecule has 1 rings (SSSR count). The van der Waals surface area contributed by atoms with E-state index in [1.54, 1.807) is 0 Å². The van der Waals surface area contributed by atoms with Crippen LogP contribution in [0.1, 0.15) is 79.6 Å². The molecule has 0 spiro atoms. The standard InChI is InChI=1S/C18H37NO/c1-6-8-9-16(7-2)14-18(10-12-20-13-11-18)15-19-17(3,4)5/h16,19H,6-15H2,1-5H3. The van der Waals surface area contributed by atoms with Gasteiger partial charge in [-0.15, -0.1) is 0 Å². The molecule has 0 amide bonds. The van der Waals surface area contributed by atoms with E-state index < -0.39 is 0 Å². The average molecular weight is 284 g/mol. The minimum Gasteiger partial charge on any atom is -0.381 e. The molecule has 1 fully saturated rings. The molecule has 2 heteroatoms. The van der Waals surface area contributed by atoms with Crippen LogP contribution in [-0.4, -0.2) is 25.3 Å². The molecular weight excluding hydrogens is 246 g/mol. The van der Waals surface area contributed by atoms with Crippen LogP contribution in [0.2, 0.25) is 0 Å². The summed E-state index contributed by atoms with van der Waals surface area (Å²) >= 11 is 0. The van der Waals surface area contributed by atoms with Crippen molar-refractivity contribution < 1.29 is 4.74 Å². The summed E-state index contributed by atoms with van der Waals surface area (Å²) in [4.78, 5) is 0. The predicted octanol–water partition coefficient (Wildman–Crippen LogP) is 4.78. The van der Waals surface area contributed by atoms with Crippen LogP contribution in [0.25, 0.3) is 0 Å². The van der Waals surface area contributed by atoms with Gasteiger partial charge in [-0.05, 0) is 51.4 Å². The van der Waals surface area contributed by atoms with Gasteiger partial charge in [-0.2, -0.15) is 0 Å². The smallest absolute Gasteiger partial charge is 0.0471 e. The molecule has 1 aliphatic rings. The van der Waals surface area contributed by atoms with Crippen molar-refractivity contribution in [3.8, 4) is 0 Å². The van der Waals surface area contributed by atoms with Gasteiger partial charge in [-0.3, -0.25) is 0 Å². The maximum absolute atomic E-state index is 5.63. The lowest BCUT2D eigenvalue weighted by molar-refractivity contribution is -0.00191. The van der Waals surface area contributed by atoms with Gasteiger partial charge < -0.3 is 10.1 Å². The van der Waals surface area contributed by atoms with E-state index in [9.17, 15) is 0 Å². The number of hydrogen-bond donors (Lipinski definition) is 1. The number of ether oxygens (including phenoxy) is 1. The van der Waals surface area contributed by atoms with Gasteiger partial charge in [0.2, 0.25) is 0 Å². The summed E-state index contributed by atoms with van der Waals surface area (Å²) in [5, 5.41) is 3.76. The molecule has 1 saturated heterocycles. The maximum Gasteiger partial charge on any atom is 0.0471 e. The highest BCUT2D eigenvalue weighted by Gasteiger charge is 2.35. The zero-order chi connectivity index (χ0) is 15.1. The van der Waals surface area contributed by atoms with Crippen LogP contribution in [0.4, 0.5) is 0 Å². The lowest BCUT2D eigenvalue weighted by Gasteiger charge is -2.42. The number of nitrogens with one attached hydrogen (secondary N) is 1. The molecule has 1 unspecified atom stereocenters. The molecule has 1 aliphatic heterocycles.